The summed E-state index contributed by atoms with van der Waals surface area (Å²) in [5.74, 6) is -3.55. The number of fused-ring (bicyclic) bond motifs is 1. The lowest BCUT2D eigenvalue weighted by Gasteiger charge is -2.33. The predicted molar refractivity (Wildman–Crippen MR) is 118 cm³/mol. The molecule has 0 unspecified atom stereocenters. The van der Waals surface area contributed by atoms with Gasteiger partial charge in [-0.1, -0.05) is 35.9 Å². The Morgan fingerprint density at radius 3 is 2.21 bits per heavy atom. The molecule has 1 saturated heterocycles. The van der Waals surface area contributed by atoms with Crippen LogP contribution in [0.5, 0.6) is 0 Å². The van der Waals surface area contributed by atoms with E-state index in [1.807, 2.05) is 0 Å². The molecule has 1 aliphatic carbocycles. The topological polar surface area (TPSA) is 111 Å². The first kappa shape index (κ1) is 21.2. The summed E-state index contributed by atoms with van der Waals surface area (Å²) in [5, 5.41) is 11.6. The molecule has 3 aromatic rings. The van der Waals surface area contributed by atoms with Crippen LogP contribution in [0, 0.1) is 16.0 Å². The molecule has 2 atom stereocenters. The molecule has 0 amide bonds. The number of nitro groups is 1. The van der Waals surface area contributed by atoms with Crippen molar-refractivity contribution in [3.63, 3.8) is 0 Å². The molecule has 1 aromatic heterocycles. The van der Waals surface area contributed by atoms with Crippen LogP contribution in [0.15, 0.2) is 65.1 Å². The Balaban J connectivity index is 1.70. The highest BCUT2D eigenvalue weighted by atomic mass is 35.5. The lowest BCUT2D eigenvalue weighted by molar-refractivity contribution is -0.402. The molecule has 2 heterocycles. The molecule has 1 spiro atoms. The highest BCUT2D eigenvalue weighted by Gasteiger charge is 2.68. The van der Waals surface area contributed by atoms with E-state index in [1.165, 1.54) is 24.3 Å². The third-order valence-corrected chi connectivity index (χ3v) is 6.85. The van der Waals surface area contributed by atoms with Crippen molar-refractivity contribution in [3.8, 4) is 0 Å². The van der Waals surface area contributed by atoms with Crippen LogP contribution in [0.1, 0.15) is 42.8 Å². The fraction of sp³-hybridized carbons (Fsp3) is 0.208. The van der Waals surface area contributed by atoms with E-state index < -0.39 is 45.5 Å². The number of likely N-dealkylation sites (tertiary alicyclic amines) is 1. The molecule has 0 N–H and O–H groups in total. The van der Waals surface area contributed by atoms with Gasteiger partial charge in [-0.3, -0.25) is 29.4 Å². The molecule has 166 valence electrons. The molecule has 5 rings (SSSR count). The van der Waals surface area contributed by atoms with Crippen molar-refractivity contribution in [2.45, 2.75) is 11.5 Å². The summed E-state index contributed by atoms with van der Waals surface area (Å²) in [6, 6.07) is 15.3. The van der Waals surface area contributed by atoms with Gasteiger partial charge in [0, 0.05) is 34.2 Å². The van der Waals surface area contributed by atoms with Gasteiger partial charge in [0.1, 0.15) is 10.7 Å². The number of nitrogens with zero attached hydrogens (tertiary/aromatic N) is 2. The number of hydrogen-bond donors (Lipinski definition) is 0. The van der Waals surface area contributed by atoms with E-state index in [0.717, 1.165) is 0 Å². The van der Waals surface area contributed by atoms with Gasteiger partial charge in [0.25, 0.3) is 0 Å². The number of hydrogen-bond acceptors (Lipinski definition) is 7. The standard InChI is InChI=1S/C24H17ClN2O6/c1-26-12-17(18-10-11-19(33-18)27(31)32)20(21(28)13-6-8-14(25)9-7-13)24(26)22(29)15-4-2-3-5-16(15)23(24)30/h2-11,17,20H,12H2,1H3/t17-,20+/m1/s1. The second-order valence-electron chi connectivity index (χ2n) is 8.24. The van der Waals surface area contributed by atoms with Crippen molar-refractivity contribution in [3.05, 3.63) is 98.3 Å². The molecule has 8 nitrogen and oxygen atoms in total. The van der Waals surface area contributed by atoms with Gasteiger partial charge >= 0.3 is 5.88 Å². The zero-order chi connectivity index (χ0) is 23.5. The maximum absolute atomic E-state index is 13.9. The smallest absolute Gasteiger partial charge is 0.405 e. The van der Waals surface area contributed by atoms with Crippen LogP contribution in [-0.2, 0) is 0 Å². The van der Waals surface area contributed by atoms with E-state index in [-0.39, 0.29) is 29.0 Å². The second-order valence-corrected chi connectivity index (χ2v) is 8.68. The maximum atomic E-state index is 13.9. The second kappa shape index (κ2) is 7.47. The molecule has 0 bridgehead atoms. The van der Waals surface area contributed by atoms with Crippen LogP contribution in [0.2, 0.25) is 5.02 Å². The number of carbonyl (C=O) groups excluding carboxylic acids is 3. The zero-order valence-electron chi connectivity index (χ0n) is 17.4. The molecular weight excluding hydrogens is 448 g/mol. The summed E-state index contributed by atoms with van der Waals surface area (Å²) < 4.78 is 5.44. The van der Waals surface area contributed by atoms with Gasteiger partial charge in [-0.25, -0.2) is 0 Å². The fourth-order valence-electron chi connectivity index (χ4n) is 5.16. The first-order valence-electron chi connectivity index (χ1n) is 10.2. The van der Waals surface area contributed by atoms with Crippen molar-refractivity contribution in [2.75, 3.05) is 13.6 Å². The van der Waals surface area contributed by atoms with E-state index >= 15 is 0 Å². The summed E-state index contributed by atoms with van der Waals surface area (Å²) in [5.41, 5.74) is -0.975. The molecular formula is C24H17ClN2O6. The fourth-order valence-corrected chi connectivity index (χ4v) is 5.28. The summed E-state index contributed by atoms with van der Waals surface area (Å²) in [6.45, 7) is 0.125. The molecule has 0 radical (unpaired) electrons. The number of benzene rings is 2. The highest BCUT2D eigenvalue weighted by molar-refractivity contribution is 6.35. The minimum Gasteiger partial charge on any atom is -0.405 e. The van der Waals surface area contributed by atoms with Gasteiger partial charge in [0.15, 0.2) is 22.9 Å². The average Bonchev–Trinajstić information content (AvgIpc) is 3.47. The summed E-state index contributed by atoms with van der Waals surface area (Å²) in [6.07, 6.45) is 0. The van der Waals surface area contributed by atoms with Crippen molar-refractivity contribution in [2.24, 2.45) is 5.92 Å². The SMILES string of the molecule is CN1C[C@H](c2ccc([N+](=O)[O-])o2)[C@@H](C(=O)c2ccc(Cl)cc2)C12C(=O)c1ccccc1C2=O. The Hall–Kier alpha value is -3.62. The van der Waals surface area contributed by atoms with Crippen molar-refractivity contribution in [1.82, 2.24) is 4.90 Å². The molecule has 2 aliphatic rings. The Bertz CT molecular complexity index is 1290. The Morgan fingerprint density at radius 2 is 1.67 bits per heavy atom. The summed E-state index contributed by atoms with van der Waals surface area (Å²) >= 11 is 5.98. The Kier molecular flexibility index (Phi) is 4.81. The molecule has 9 heteroatoms. The first-order valence-corrected chi connectivity index (χ1v) is 10.6. The summed E-state index contributed by atoms with van der Waals surface area (Å²) in [4.78, 5) is 53.5. The summed E-state index contributed by atoms with van der Waals surface area (Å²) in [7, 11) is 1.61. The number of carbonyl (C=O) groups is 3. The number of ketones is 3. The normalized spacial score (nSPS) is 21.5. The van der Waals surface area contributed by atoms with Crippen molar-refractivity contribution in [1.29, 1.82) is 0 Å². The zero-order valence-corrected chi connectivity index (χ0v) is 18.1. The monoisotopic (exact) mass is 464 g/mol. The molecule has 1 aliphatic heterocycles. The molecule has 1 fully saturated rings. The van der Waals surface area contributed by atoms with Crippen LogP contribution < -0.4 is 0 Å². The van der Waals surface area contributed by atoms with Gasteiger partial charge in [-0.2, -0.15) is 0 Å². The third-order valence-electron chi connectivity index (χ3n) is 6.60. The lowest BCUT2D eigenvalue weighted by Crippen LogP contribution is -2.57. The first-order chi connectivity index (χ1) is 15.8. The number of halogens is 1. The highest BCUT2D eigenvalue weighted by Crippen LogP contribution is 2.52. The van der Waals surface area contributed by atoms with Crippen LogP contribution >= 0.6 is 11.6 Å². The lowest BCUT2D eigenvalue weighted by atomic mass is 9.71. The minimum absolute atomic E-state index is 0.125. The van der Waals surface area contributed by atoms with E-state index in [0.29, 0.717) is 5.02 Å². The van der Waals surface area contributed by atoms with E-state index in [1.54, 1.807) is 48.3 Å². The molecule has 0 saturated carbocycles. The van der Waals surface area contributed by atoms with Gasteiger partial charge in [0.05, 0.1) is 12.0 Å². The third kappa shape index (κ3) is 2.91. The Labute approximate surface area is 192 Å². The number of rotatable bonds is 4. The van der Waals surface area contributed by atoms with Crippen LogP contribution in [0.3, 0.4) is 0 Å². The van der Waals surface area contributed by atoms with E-state index in [2.05, 4.69) is 0 Å². The van der Waals surface area contributed by atoms with Gasteiger partial charge < -0.3 is 4.42 Å². The van der Waals surface area contributed by atoms with Gasteiger partial charge in [0.2, 0.25) is 0 Å². The number of Topliss-reactive ketones (excluding diaryl/α,β-unsaturated/α-hetero) is 3. The largest absolute Gasteiger partial charge is 0.433 e. The predicted octanol–water partition coefficient (Wildman–Crippen LogP) is 4.19. The van der Waals surface area contributed by atoms with Crippen molar-refractivity contribution >= 4 is 34.8 Å². The van der Waals surface area contributed by atoms with Crippen LogP contribution in [0.4, 0.5) is 5.88 Å². The van der Waals surface area contributed by atoms with E-state index in [4.69, 9.17) is 16.0 Å². The van der Waals surface area contributed by atoms with Gasteiger partial charge in [-0.15, -0.1) is 0 Å². The molecule has 2 aromatic carbocycles. The minimum atomic E-state index is -1.77. The average molecular weight is 465 g/mol. The van der Waals surface area contributed by atoms with Crippen molar-refractivity contribution < 1.29 is 23.7 Å². The number of likely N-dealkylation sites (N-methyl/N-ethyl adjacent to an activating group) is 1. The van der Waals surface area contributed by atoms with Crippen LogP contribution in [-0.4, -0.2) is 46.3 Å². The van der Waals surface area contributed by atoms with Crippen LogP contribution in [0.25, 0.3) is 0 Å². The molecule has 33 heavy (non-hydrogen) atoms. The Morgan fingerprint density at radius 1 is 1.06 bits per heavy atom. The maximum Gasteiger partial charge on any atom is 0.433 e. The van der Waals surface area contributed by atoms with Gasteiger partial charge in [-0.05, 0) is 37.4 Å². The van der Waals surface area contributed by atoms with E-state index in [9.17, 15) is 24.5 Å². The number of furan rings is 1. The quantitative estimate of drug-likeness (QED) is 0.246.